The SMILES string of the molecule is Cc1sc2nc(CSC(C)C(=O)Nc3ccc(F)c(NS(C)(=O)=O)c3)[nH]c(=O)c2c1C. The maximum atomic E-state index is 13.8. The molecule has 1 amide bonds. The first-order valence-electron chi connectivity index (χ1n) is 9.13. The highest BCUT2D eigenvalue weighted by Crippen LogP contribution is 2.27. The molecule has 1 aromatic carbocycles. The van der Waals surface area contributed by atoms with Crippen LogP contribution in [0.1, 0.15) is 23.2 Å². The molecule has 0 saturated carbocycles. The van der Waals surface area contributed by atoms with Crippen LogP contribution in [-0.2, 0) is 20.6 Å². The number of nitrogens with zero attached hydrogens (tertiary/aromatic N) is 1. The van der Waals surface area contributed by atoms with Gasteiger partial charge in [0, 0.05) is 10.6 Å². The lowest BCUT2D eigenvalue weighted by Crippen LogP contribution is -2.23. The van der Waals surface area contributed by atoms with Crippen LogP contribution < -0.4 is 15.6 Å². The first-order chi connectivity index (χ1) is 14.4. The van der Waals surface area contributed by atoms with E-state index in [1.165, 1.54) is 35.2 Å². The highest BCUT2D eigenvalue weighted by atomic mass is 32.2. The summed E-state index contributed by atoms with van der Waals surface area (Å²) in [7, 11) is -3.66. The molecule has 166 valence electrons. The Hall–Kier alpha value is -2.44. The number of anilines is 2. The lowest BCUT2D eigenvalue weighted by molar-refractivity contribution is -0.115. The number of sulfonamides is 1. The zero-order valence-corrected chi connectivity index (χ0v) is 19.6. The van der Waals surface area contributed by atoms with Crippen molar-refractivity contribution in [2.45, 2.75) is 31.8 Å². The zero-order valence-electron chi connectivity index (χ0n) is 17.2. The van der Waals surface area contributed by atoms with E-state index in [-0.39, 0.29) is 22.8 Å². The van der Waals surface area contributed by atoms with E-state index < -0.39 is 21.1 Å². The molecule has 0 radical (unpaired) electrons. The van der Waals surface area contributed by atoms with Crippen molar-refractivity contribution in [3.8, 4) is 0 Å². The minimum atomic E-state index is -3.66. The number of rotatable bonds is 7. The van der Waals surface area contributed by atoms with Crippen LogP contribution in [0.2, 0.25) is 0 Å². The van der Waals surface area contributed by atoms with E-state index in [2.05, 4.69) is 20.0 Å². The van der Waals surface area contributed by atoms with E-state index in [0.717, 1.165) is 22.8 Å². The normalized spacial score (nSPS) is 12.7. The second-order valence-electron chi connectivity index (χ2n) is 6.99. The van der Waals surface area contributed by atoms with Crippen molar-refractivity contribution < 1.29 is 17.6 Å². The third-order valence-electron chi connectivity index (χ3n) is 4.46. The minimum absolute atomic E-state index is 0.197. The molecule has 0 aliphatic rings. The number of thioether (sulfide) groups is 1. The highest BCUT2D eigenvalue weighted by molar-refractivity contribution is 7.99. The second-order valence-corrected chi connectivity index (χ2v) is 11.3. The molecule has 3 rings (SSSR count). The summed E-state index contributed by atoms with van der Waals surface area (Å²) in [6.45, 7) is 5.52. The number of aromatic nitrogens is 2. The van der Waals surface area contributed by atoms with E-state index in [1.54, 1.807) is 6.92 Å². The van der Waals surface area contributed by atoms with Crippen LogP contribution in [0.4, 0.5) is 15.8 Å². The molecular weight excluding hydrogens is 463 g/mol. The maximum Gasteiger partial charge on any atom is 0.259 e. The van der Waals surface area contributed by atoms with Crippen molar-refractivity contribution >= 4 is 60.6 Å². The number of benzene rings is 1. The largest absolute Gasteiger partial charge is 0.325 e. The number of aromatic amines is 1. The molecule has 0 bridgehead atoms. The van der Waals surface area contributed by atoms with Gasteiger partial charge >= 0.3 is 0 Å². The molecule has 2 aromatic heterocycles. The van der Waals surface area contributed by atoms with Gasteiger partial charge in [0.25, 0.3) is 5.56 Å². The van der Waals surface area contributed by atoms with Crippen molar-refractivity contribution in [2.24, 2.45) is 0 Å². The van der Waals surface area contributed by atoms with Crippen molar-refractivity contribution in [3.63, 3.8) is 0 Å². The Morgan fingerprint density at radius 1 is 1.35 bits per heavy atom. The van der Waals surface area contributed by atoms with Gasteiger partial charge in [-0.15, -0.1) is 23.1 Å². The summed E-state index contributed by atoms with van der Waals surface area (Å²) in [6, 6.07) is 3.61. The molecule has 0 aliphatic carbocycles. The average molecular weight is 485 g/mol. The van der Waals surface area contributed by atoms with E-state index >= 15 is 0 Å². The Morgan fingerprint density at radius 3 is 2.74 bits per heavy atom. The number of amides is 1. The fourth-order valence-corrected chi connectivity index (χ4v) is 5.13. The Morgan fingerprint density at radius 2 is 2.06 bits per heavy atom. The Bertz CT molecular complexity index is 1320. The number of carbonyl (C=O) groups excluding carboxylic acids is 1. The van der Waals surface area contributed by atoms with Crippen molar-refractivity contribution in [1.82, 2.24) is 9.97 Å². The topological polar surface area (TPSA) is 121 Å². The Balaban J connectivity index is 1.67. The number of hydrogen-bond acceptors (Lipinski definition) is 7. The lowest BCUT2D eigenvalue weighted by Gasteiger charge is -2.13. The van der Waals surface area contributed by atoms with Gasteiger partial charge in [-0.1, -0.05) is 0 Å². The van der Waals surface area contributed by atoms with Crippen LogP contribution in [0.3, 0.4) is 0 Å². The zero-order chi connectivity index (χ0) is 22.9. The molecule has 0 spiro atoms. The fraction of sp³-hybridized carbons (Fsp3) is 0.316. The maximum absolute atomic E-state index is 13.8. The summed E-state index contributed by atoms with van der Waals surface area (Å²) in [5.41, 5.74) is 0.723. The van der Waals surface area contributed by atoms with Crippen molar-refractivity contribution in [1.29, 1.82) is 0 Å². The summed E-state index contributed by atoms with van der Waals surface area (Å²) >= 11 is 2.73. The van der Waals surface area contributed by atoms with Crippen LogP contribution >= 0.6 is 23.1 Å². The molecule has 8 nitrogen and oxygen atoms in total. The van der Waals surface area contributed by atoms with Crippen LogP contribution in [0.25, 0.3) is 10.2 Å². The number of hydrogen-bond donors (Lipinski definition) is 3. The van der Waals surface area contributed by atoms with E-state index in [1.807, 2.05) is 13.8 Å². The Labute approximate surface area is 186 Å². The summed E-state index contributed by atoms with van der Waals surface area (Å²) in [5.74, 6) is -0.312. The van der Waals surface area contributed by atoms with Gasteiger partial charge < -0.3 is 10.3 Å². The molecule has 12 heteroatoms. The quantitative estimate of drug-likeness (QED) is 0.473. The number of carbonyl (C=O) groups is 1. The number of nitrogens with one attached hydrogen (secondary N) is 3. The summed E-state index contributed by atoms with van der Waals surface area (Å²) in [5, 5.41) is 2.72. The van der Waals surface area contributed by atoms with Crippen LogP contribution in [0, 0.1) is 19.7 Å². The number of fused-ring (bicyclic) bond motifs is 1. The lowest BCUT2D eigenvalue weighted by atomic mass is 10.2. The van der Waals surface area contributed by atoms with Crippen molar-refractivity contribution in [3.05, 3.63) is 50.6 Å². The number of aryl methyl sites for hydroxylation is 2. The smallest absolute Gasteiger partial charge is 0.259 e. The molecule has 2 heterocycles. The predicted molar refractivity (Wildman–Crippen MR) is 124 cm³/mol. The average Bonchev–Trinajstić information content (AvgIpc) is 2.95. The second kappa shape index (κ2) is 8.97. The van der Waals surface area contributed by atoms with Gasteiger partial charge in [-0.3, -0.25) is 14.3 Å². The first kappa shape index (κ1) is 23.2. The molecule has 3 aromatic rings. The van der Waals surface area contributed by atoms with Crippen LogP contribution in [0.15, 0.2) is 23.0 Å². The van der Waals surface area contributed by atoms with E-state index in [9.17, 15) is 22.4 Å². The minimum Gasteiger partial charge on any atom is -0.325 e. The third-order valence-corrected chi connectivity index (χ3v) is 7.30. The summed E-state index contributed by atoms with van der Waals surface area (Å²) < 4.78 is 38.5. The van der Waals surface area contributed by atoms with Gasteiger partial charge in [0.15, 0.2) is 0 Å². The standard InChI is InChI=1S/C19H21FN4O4S3/c1-9-10(2)30-19-16(9)18(26)22-15(23-19)8-29-11(3)17(25)21-12-5-6-13(20)14(7-12)24-31(4,27)28/h5-7,11,24H,8H2,1-4H3,(H,21,25)(H,22,23,26). The molecule has 0 fully saturated rings. The van der Waals surface area contributed by atoms with Crippen LogP contribution in [-0.4, -0.2) is 35.8 Å². The van der Waals surface area contributed by atoms with Gasteiger partial charge in [0.1, 0.15) is 16.5 Å². The fourth-order valence-electron chi connectivity index (χ4n) is 2.77. The van der Waals surface area contributed by atoms with Gasteiger partial charge in [-0.2, -0.15) is 0 Å². The summed E-state index contributed by atoms with van der Waals surface area (Å²) in [4.78, 5) is 33.8. The van der Waals surface area contributed by atoms with Crippen molar-refractivity contribution in [2.75, 3.05) is 16.3 Å². The van der Waals surface area contributed by atoms with Gasteiger partial charge in [0.2, 0.25) is 15.9 Å². The molecule has 3 N–H and O–H groups in total. The van der Waals surface area contributed by atoms with Gasteiger partial charge in [-0.05, 0) is 44.5 Å². The third kappa shape index (κ3) is 5.63. The molecule has 0 aliphatic heterocycles. The van der Waals surface area contributed by atoms with Gasteiger partial charge in [0.05, 0.1) is 28.3 Å². The Kier molecular flexibility index (Phi) is 6.72. The predicted octanol–water partition coefficient (Wildman–Crippen LogP) is 3.37. The highest BCUT2D eigenvalue weighted by Gasteiger charge is 2.17. The van der Waals surface area contributed by atoms with Gasteiger partial charge in [-0.25, -0.2) is 17.8 Å². The molecule has 1 unspecified atom stereocenters. The number of thiophene rings is 1. The monoisotopic (exact) mass is 484 g/mol. The first-order valence-corrected chi connectivity index (χ1v) is 12.9. The molecule has 31 heavy (non-hydrogen) atoms. The van der Waals surface area contributed by atoms with E-state index in [0.29, 0.717) is 21.8 Å². The number of halogens is 1. The van der Waals surface area contributed by atoms with Crippen LogP contribution in [0.5, 0.6) is 0 Å². The molecular formula is C19H21FN4O4S3. The molecule has 0 saturated heterocycles. The summed E-state index contributed by atoms with van der Waals surface area (Å²) in [6.07, 6.45) is 0.908. The van der Waals surface area contributed by atoms with E-state index in [4.69, 9.17) is 0 Å². The molecule has 1 atom stereocenters. The number of H-pyrrole nitrogens is 1.